The quantitative estimate of drug-likeness (QED) is 0.735. The largest absolute Gasteiger partial charge is 0.390 e. The zero-order valence-electron chi connectivity index (χ0n) is 12.9. The van der Waals surface area contributed by atoms with E-state index in [4.69, 9.17) is 0 Å². The average Bonchev–Trinajstić information content (AvgIpc) is 3.08. The van der Waals surface area contributed by atoms with Crippen LogP contribution in [0.3, 0.4) is 0 Å². The summed E-state index contributed by atoms with van der Waals surface area (Å²) in [4.78, 5) is 11.2. The maximum Gasteiger partial charge on any atom is 0.163 e. The molecule has 2 aromatic heterocycles. The second kappa shape index (κ2) is 7.39. The maximum absolute atomic E-state index is 14.1. The maximum atomic E-state index is 14.1. The standard InChI is InChI=1S/C16H14F3N5O/c17-11-2-1-10(13(18)4-11)3-12(16-14(19)5-20-7-22-16)15(25)6-24-9-21-8-23-24/h1-2,4-5,7-9,12,15,25H,3,6H2. The van der Waals surface area contributed by atoms with E-state index in [1.165, 1.54) is 23.4 Å². The highest BCUT2D eigenvalue weighted by atomic mass is 19.1. The van der Waals surface area contributed by atoms with Crippen molar-refractivity contribution in [2.75, 3.05) is 0 Å². The van der Waals surface area contributed by atoms with Crippen molar-refractivity contribution in [2.24, 2.45) is 0 Å². The number of aliphatic hydroxyl groups excluding tert-OH is 1. The van der Waals surface area contributed by atoms with Crippen molar-refractivity contribution >= 4 is 0 Å². The molecule has 0 aliphatic carbocycles. The number of hydrogen-bond donors (Lipinski definition) is 1. The van der Waals surface area contributed by atoms with Crippen molar-refractivity contribution in [2.45, 2.75) is 25.0 Å². The molecule has 1 aromatic carbocycles. The van der Waals surface area contributed by atoms with Gasteiger partial charge in [-0.05, 0) is 18.1 Å². The summed E-state index contributed by atoms with van der Waals surface area (Å²) in [5.74, 6) is -3.08. The van der Waals surface area contributed by atoms with Gasteiger partial charge in [0.05, 0.1) is 24.5 Å². The number of aromatic nitrogens is 5. The van der Waals surface area contributed by atoms with Gasteiger partial charge in [0.2, 0.25) is 0 Å². The number of rotatable bonds is 6. The summed E-state index contributed by atoms with van der Waals surface area (Å²) in [6.45, 7) is 0.0108. The smallest absolute Gasteiger partial charge is 0.163 e. The molecule has 3 aromatic rings. The average molecular weight is 349 g/mol. The predicted octanol–water partition coefficient (Wildman–Crippen LogP) is 1.87. The molecule has 130 valence electrons. The van der Waals surface area contributed by atoms with Crippen LogP contribution in [0.4, 0.5) is 13.2 Å². The van der Waals surface area contributed by atoms with Gasteiger partial charge in [0, 0.05) is 12.0 Å². The summed E-state index contributed by atoms with van der Waals surface area (Å²) in [5.41, 5.74) is 0.0911. The first-order valence-electron chi connectivity index (χ1n) is 7.44. The molecule has 0 bridgehead atoms. The van der Waals surface area contributed by atoms with Gasteiger partial charge in [-0.3, -0.25) is 4.68 Å². The molecule has 0 aliphatic heterocycles. The second-order valence-corrected chi connectivity index (χ2v) is 5.49. The van der Waals surface area contributed by atoms with Crippen molar-refractivity contribution in [1.82, 2.24) is 24.7 Å². The van der Waals surface area contributed by atoms with E-state index in [9.17, 15) is 18.3 Å². The van der Waals surface area contributed by atoms with E-state index in [0.717, 1.165) is 24.7 Å². The minimum absolute atomic E-state index is 0.0108. The Kier molecular flexibility index (Phi) is 5.03. The number of halogens is 3. The fourth-order valence-corrected chi connectivity index (χ4v) is 2.58. The minimum atomic E-state index is -1.13. The Hall–Kier alpha value is -2.81. The van der Waals surface area contributed by atoms with Crippen LogP contribution in [0.5, 0.6) is 0 Å². The first-order valence-corrected chi connectivity index (χ1v) is 7.44. The Bertz CT molecular complexity index is 844. The Balaban J connectivity index is 1.92. The Morgan fingerprint density at radius 2 is 1.92 bits per heavy atom. The summed E-state index contributed by atoms with van der Waals surface area (Å²) in [7, 11) is 0. The van der Waals surface area contributed by atoms with Crippen LogP contribution in [0.2, 0.25) is 0 Å². The van der Waals surface area contributed by atoms with Gasteiger partial charge in [-0.2, -0.15) is 5.10 Å². The molecule has 6 nitrogen and oxygen atoms in total. The molecule has 2 heterocycles. The van der Waals surface area contributed by atoms with Crippen molar-refractivity contribution in [3.8, 4) is 0 Å². The van der Waals surface area contributed by atoms with Crippen molar-refractivity contribution < 1.29 is 18.3 Å². The van der Waals surface area contributed by atoms with Crippen LogP contribution in [-0.4, -0.2) is 35.9 Å². The summed E-state index contributed by atoms with van der Waals surface area (Å²) in [6.07, 6.45) is 3.61. The molecule has 9 heteroatoms. The zero-order chi connectivity index (χ0) is 17.8. The lowest BCUT2D eigenvalue weighted by Crippen LogP contribution is -2.28. The third-order valence-corrected chi connectivity index (χ3v) is 3.81. The van der Waals surface area contributed by atoms with E-state index in [0.29, 0.717) is 0 Å². The molecule has 0 fully saturated rings. The summed E-state index contributed by atoms with van der Waals surface area (Å²) in [5, 5.41) is 14.4. The highest BCUT2D eigenvalue weighted by Gasteiger charge is 2.27. The highest BCUT2D eigenvalue weighted by Crippen LogP contribution is 2.27. The Labute approximate surface area is 141 Å². The zero-order valence-corrected chi connectivity index (χ0v) is 12.9. The molecule has 2 atom stereocenters. The van der Waals surface area contributed by atoms with E-state index in [1.54, 1.807) is 0 Å². The predicted molar refractivity (Wildman–Crippen MR) is 80.8 cm³/mol. The number of nitrogens with zero attached hydrogens (tertiary/aromatic N) is 5. The van der Waals surface area contributed by atoms with E-state index in [-0.39, 0.29) is 24.2 Å². The molecule has 2 unspecified atom stereocenters. The topological polar surface area (TPSA) is 76.7 Å². The van der Waals surface area contributed by atoms with Gasteiger partial charge in [-0.15, -0.1) is 0 Å². The lowest BCUT2D eigenvalue weighted by molar-refractivity contribution is 0.115. The normalized spacial score (nSPS) is 13.6. The van der Waals surface area contributed by atoms with Crippen LogP contribution < -0.4 is 0 Å². The number of hydrogen-bond acceptors (Lipinski definition) is 5. The number of aliphatic hydroxyl groups is 1. The van der Waals surface area contributed by atoms with Crippen LogP contribution in [0.25, 0.3) is 0 Å². The number of benzene rings is 1. The van der Waals surface area contributed by atoms with Gasteiger partial charge in [0.25, 0.3) is 0 Å². The molecule has 25 heavy (non-hydrogen) atoms. The molecule has 0 spiro atoms. The Morgan fingerprint density at radius 3 is 2.60 bits per heavy atom. The van der Waals surface area contributed by atoms with E-state index >= 15 is 0 Å². The lowest BCUT2D eigenvalue weighted by Gasteiger charge is -2.23. The monoisotopic (exact) mass is 349 g/mol. The van der Waals surface area contributed by atoms with Crippen LogP contribution in [0.15, 0.2) is 43.4 Å². The summed E-state index contributed by atoms with van der Waals surface area (Å²) < 4.78 is 42.6. The van der Waals surface area contributed by atoms with Crippen LogP contribution in [0.1, 0.15) is 17.2 Å². The minimum Gasteiger partial charge on any atom is -0.390 e. The third kappa shape index (κ3) is 4.00. The van der Waals surface area contributed by atoms with Crippen LogP contribution in [0, 0.1) is 17.5 Å². The summed E-state index contributed by atoms with van der Waals surface area (Å²) >= 11 is 0. The van der Waals surface area contributed by atoms with E-state index in [2.05, 4.69) is 20.1 Å². The fraction of sp³-hybridized carbons (Fsp3) is 0.250. The second-order valence-electron chi connectivity index (χ2n) is 5.49. The van der Waals surface area contributed by atoms with Gasteiger partial charge in [-0.25, -0.2) is 28.1 Å². The fourth-order valence-electron chi connectivity index (χ4n) is 2.58. The van der Waals surface area contributed by atoms with Gasteiger partial charge in [0.1, 0.15) is 30.6 Å². The summed E-state index contributed by atoms with van der Waals surface area (Å²) in [6, 6.07) is 3.11. The molecule has 0 aliphatic rings. The molecule has 0 amide bonds. The van der Waals surface area contributed by atoms with Gasteiger partial charge < -0.3 is 5.11 Å². The van der Waals surface area contributed by atoms with Crippen LogP contribution >= 0.6 is 0 Å². The first kappa shape index (κ1) is 17.0. The van der Waals surface area contributed by atoms with Crippen molar-refractivity contribution in [1.29, 1.82) is 0 Å². The SMILES string of the molecule is OC(Cn1cncn1)C(Cc1ccc(F)cc1F)c1ncncc1F. The van der Waals surface area contributed by atoms with Gasteiger partial charge in [0.15, 0.2) is 5.82 Å². The lowest BCUT2D eigenvalue weighted by atomic mass is 9.90. The molecular weight excluding hydrogens is 335 g/mol. The molecule has 0 saturated carbocycles. The van der Waals surface area contributed by atoms with E-state index in [1.807, 2.05) is 0 Å². The van der Waals surface area contributed by atoms with Crippen molar-refractivity contribution in [3.63, 3.8) is 0 Å². The van der Waals surface area contributed by atoms with E-state index < -0.39 is 29.5 Å². The molecule has 0 saturated heterocycles. The molecule has 3 rings (SSSR count). The third-order valence-electron chi connectivity index (χ3n) is 3.81. The van der Waals surface area contributed by atoms with Gasteiger partial charge in [-0.1, -0.05) is 6.07 Å². The molecule has 1 N–H and O–H groups in total. The highest BCUT2D eigenvalue weighted by molar-refractivity contribution is 5.23. The van der Waals surface area contributed by atoms with Gasteiger partial charge >= 0.3 is 0 Å². The Morgan fingerprint density at radius 1 is 1.08 bits per heavy atom. The van der Waals surface area contributed by atoms with Crippen LogP contribution in [-0.2, 0) is 13.0 Å². The molecular formula is C16H14F3N5O. The van der Waals surface area contributed by atoms with Crippen molar-refractivity contribution in [3.05, 3.63) is 72.1 Å². The molecule has 0 radical (unpaired) electrons. The first-order chi connectivity index (χ1) is 12.0.